The zero-order chi connectivity index (χ0) is 52.4. The Hall–Kier alpha value is -10.4. The van der Waals surface area contributed by atoms with Crippen LogP contribution in [0.2, 0.25) is 0 Å². The normalized spacial score (nSPS) is 11.2. The number of nitrogens with zero attached hydrogens (tertiary/aromatic N) is 6. The van der Waals surface area contributed by atoms with Gasteiger partial charge in [-0.25, -0.2) is 24.9 Å². The van der Waals surface area contributed by atoms with Crippen LogP contribution in [0.15, 0.2) is 269 Å². The molecule has 0 saturated carbocycles. The minimum Gasteiger partial charge on any atom is -0.436 e. The Morgan fingerprint density at radius 3 is 0.846 bits per heavy atom. The van der Waals surface area contributed by atoms with Crippen molar-refractivity contribution in [3.8, 4) is 57.3 Å². The lowest BCUT2D eigenvalue weighted by Gasteiger charge is -2.26. The molecule has 0 aliphatic heterocycles. The van der Waals surface area contributed by atoms with E-state index in [1.54, 1.807) is 0 Å². The van der Waals surface area contributed by atoms with Crippen molar-refractivity contribution in [2.24, 2.45) is 0 Å². The molecular weight excluding hydrogens is 1040 g/mol. The fraction of sp³-hybridized carbons (Fsp3) is 0. The van der Waals surface area contributed by atoms with E-state index in [-0.39, 0.29) is 0 Å². The van der Waals surface area contributed by atoms with Gasteiger partial charge in [0.1, 0.15) is 27.6 Å². The number of hydrogen-bond acceptors (Lipinski definition) is 12. The van der Waals surface area contributed by atoms with E-state index in [1.165, 1.54) is 0 Å². The van der Waals surface area contributed by atoms with Gasteiger partial charge in [0.05, 0.1) is 0 Å². The predicted molar refractivity (Wildman–Crippen MR) is 311 cm³/mol. The maximum Gasteiger partial charge on any atom is 0.227 e. The Morgan fingerprint density at radius 2 is 0.551 bits per heavy atom. The molecule has 13 heteroatoms. The van der Waals surface area contributed by atoms with Crippen LogP contribution >= 0.6 is 15.9 Å². The van der Waals surface area contributed by atoms with Crippen molar-refractivity contribution < 1.29 is 22.1 Å². The van der Waals surface area contributed by atoms with E-state index < -0.39 is 0 Å². The number of nitrogen functional groups attached to an aromatic ring is 1. The molecule has 0 radical (unpaired) electrons. The lowest BCUT2D eigenvalue weighted by Crippen LogP contribution is -2.10. The van der Waals surface area contributed by atoms with Crippen molar-refractivity contribution in [3.63, 3.8) is 0 Å². The maximum atomic E-state index is 6.14. The molecule has 0 aliphatic rings. The van der Waals surface area contributed by atoms with Crippen LogP contribution in [-0.4, -0.2) is 24.9 Å². The molecule has 0 unspecified atom stereocenters. The monoisotopic (exact) mass is 1080 g/mol. The van der Waals surface area contributed by atoms with Crippen molar-refractivity contribution in [2.45, 2.75) is 0 Å². The molecule has 0 bridgehead atoms. The molecule has 15 rings (SSSR count). The first-order valence-electron chi connectivity index (χ1n) is 24.9. The zero-order valence-corrected chi connectivity index (χ0v) is 42.9. The molecular formula is C65H42BrN7O5. The first kappa shape index (κ1) is 47.4. The van der Waals surface area contributed by atoms with Crippen LogP contribution in [0.5, 0.6) is 0 Å². The Kier molecular flexibility index (Phi) is 12.6. The third kappa shape index (κ3) is 9.87. The third-order valence-electron chi connectivity index (χ3n) is 12.7. The van der Waals surface area contributed by atoms with E-state index in [2.05, 4.69) is 67.2 Å². The van der Waals surface area contributed by atoms with E-state index >= 15 is 0 Å². The van der Waals surface area contributed by atoms with Crippen LogP contribution in [0.1, 0.15) is 0 Å². The smallest absolute Gasteiger partial charge is 0.227 e. The van der Waals surface area contributed by atoms with Crippen LogP contribution in [-0.2, 0) is 0 Å². The molecule has 5 aromatic heterocycles. The van der Waals surface area contributed by atoms with E-state index in [1.807, 2.05) is 206 Å². The summed E-state index contributed by atoms with van der Waals surface area (Å²) in [5.74, 6) is 2.94. The number of rotatable bonds is 8. The summed E-state index contributed by atoms with van der Waals surface area (Å²) in [5.41, 5.74) is 21.7. The highest BCUT2D eigenvalue weighted by Crippen LogP contribution is 2.40. The van der Waals surface area contributed by atoms with E-state index in [4.69, 9.17) is 42.8 Å². The number of aromatic nitrogens is 5. The minimum absolute atomic E-state index is 0.559. The first-order chi connectivity index (χ1) is 38.4. The number of halogens is 1. The van der Waals surface area contributed by atoms with Crippen LogP contribution in [0, 0.1) is 0 Å². The van der Waals surface area contributed by atoms with Crippen LogP contribution < -0.4 is 10.6 Å². The second kappa shape index (κ2) is 20.7. The van der Waals surface area contributed by atoms with Crippen molar-refractivity contribution >= 4 is 94.2 Å². The molecule has 0 fully saturated rings. The standard InChI is InChI=1S/C39H24N4O3.C13H8BrNO.C13H10N2O/c1-4-19-34-31(16-1)40-37(44-34)25-10-7-13-28(22-25)43(29-14-8-11-26(23-29)38-41-32-17-2-5-20-35(32)45-38)30-15-9-12-27(24-30)39-42-33-18-3-6-21-36(33)46-39;2*14-10-5-3-4-9(8-10)13-15-11-6-1-2-7-12(11)16-13/h1-24H;1-8H;1-8H,14H2. The molecule has 374 valence electrons. The van der Waals surface area contributed by atoms with E-state index in [9.17, 15) is 0 Å². The van der Waals surface area contributed by atoms with Gasteiger partial charge in [-0.3, -0.25) is 0 Å². The van der Waals surface area contributed by atoms with Gasteiger partial charge in [0.2, 0.25) is 29.5 Å². The summed E-state index contributed by atoms with van der Waals surface area (Å²) in [4.78, 5) is 25.3. The second-order valence-electron chi connectivity index (χ2n) is 18.1. The van der Waals surface area contributed by atoms with Gasteiger partial charge in [0.15, 0.2) is 27.9 Å². The SMILES string of the molecule is Brc1cccc(-c2nc3ccccc3o2)c1.Nc1cccc(-c2nc3ccccc3o2)c1.c1cc(-c2nc3ccccc3o2)cc(N(c2cccc(-c3nc4ccccc4o3)c2)c2cccc(-c3nc4ccccc4o3)c2)c1. The van der Waals surface area contributed by atoms with Crippen molar-refractivity contribution in [2.75, 3.05) is 10.6 Å². The molecule has 0 spiro atoms. The van der Waals surface area contributed by atoms with E-state index in [0.29, 0.717) is 35.1 Å². The number of para-hydroxylation sites is 10. The zero-order valence-electron chi connectivity index (χ0n) is 41.3. The van der Waals surface area contributed by atoms with Crippen molar-refractivity contribution in [3.05, 3.63) is 247 Å². The summed E-state index contributed by atoms with van der Waals surface area (Å²) >= 11 is 3.43. The lowest BCUT2D eigenvalue weighted by molar-refractivity contribution is 0.619. The largest absolute Gasteiger partial charge is 0.436 e. The number of anilines is 4. The molecule has 0 aliphatic carbocycles. The Bertz CT molecular complexity index is 4050. The van der Waals surface area contributed by atoms with Gasteiger partial charge in [-0.15, -0.1) is 0 Å². The quantitative estimate of drug-likeness (QED) is 0.144. The number of benzene rings is 10. The fourth-order valence-corrected chi connectivity index (χ4v) is 9.45. The molecule has 0 amide bonds. The van der Waals surface area contributed by atoms with Crippen molar-refractivity contribution in [1.82, 2.24) is 24.9 Å². The lowest BCUT2D eigenvalue weighted by atomic mass is 10.1. The summed E-state index contributed by atoms with van der Waals surface area (Å²) in [5, 5.41) is 0. The molecule has 78 heavy (non-hydrogen) atoms. The van der Waals surface area contributed by atoms with Crippen molar-refractivity contribution in [1.29, 1.82) is 0 Å². The fourth-order valence-electron chi connectivity index (χ4n) is 9.05. The molecule has 0 atom stereocenters. The molecule has 10 aromatic carbocycles. The Morgan fingerprint density at radius 1 is 0.282 bits per heavy atom. The predicted octanol–water partition coefficient (Wildman–Crippen LogP) is 17.9. The van der Waals surface area contributed by atoms with Crippen LogP contribution in [0.4, 0.5) is 22.7 Å². The van der Waals surface area contributed by atoms with Gasteiger partial charge in [-0.05, 0) is 152 Å². The average Bonchev–Trinajstić information content (AvgIpc) is 4.39. The van der Waals surface area contributed by atoms with Gasteiger partial charge in [-0.2, -0.15) is 0 Å². The van der Waals surface area contributed by atoms with Gasteiger partial charge < -0.3 is 32.7 Å². The van der Waals surface area contributed by atoms with Gasteiger partial charge in [0, 0.05) is 55.0 Å². The van der Waals surface area contributed by atoms with Gasteiger partial charge >= 0.3 is 0 Å². The first-order valence-corrected chi connectivity index (χ1v) is 25.7. The molecule has 5 heterocycles. The van der Waals surface area contributed by atoms with E-state index in [0.717, 1.165) is 105 Å². The molecule has 0 saturated heterocycles. The summed E-state index contributed by atoms with van der Waals surface area (Å²) in [6, 6.07) is 78.8. The highest BCUT2D eigenvalue weighted by Gasteiger charge is 2.19. The van der Waals surface area contributed by atoms with Crippen LogP contribution in [0.3, 0.4) is 0 Å². The molecule has 12 nitrogen and oxygen atoms in total. The van der Waals surface area contributed by atoms with Gasteiger partial charge in [0.25, 0.3) is 0 Å². The minimum atomic E-state index is 0.559. The maximum absolute atomic E-state index is 6.14. The summed E-state index contributed by atoms with van der Waals surface area (Å²) < 4.78 is 30.8. The summed E-state index contributed by atoms with van der Waals surface area (Å²) in [6.07, 6.45) is 0. The third-order valence-corrected chi connectivity index (χ3v) is 13.2. The average molecular weight is 1080 g/mol. The number of fused-ring (bicyclic) bond motifs is 5. The number of nitrogens with two attached hydrogens (primary N) is 1. The number of oxazole rings is 5. The Labute approximate surface area is 453 Å². The summed E-state index contributed by atoms with van der Waals surface area (Å²) in [6.45, 7) is 0. The topological polar surface area (TPSA) is 159 Å². The highest BCUT2D eigenvalue weighted by atomic mass is 79.9. The number of hydrogen-bond donors (Lipinski definition) is 1. The molecule has 15 aromatic rings. The van der Waals surface area contributed by atoms with Crippen LogP contribution in [0.25, 0.3) is 113 Å². The second-order valence-corrected chi connectivity index (χ2v) is 19.0. The Balaban J connectivity index is 0.000000146. The summed E-state index contributed by atoms with van der Waals surface area (Å²) in [7, 11) is 0. The molecule has 2 N–H and O–H groups in total. The van der Waals surface area contributed by atoms with Gasteiger partial charge in [-0.1, -0.05) is 107 Å². The highest BCUT2D eigenvalue weighted by molar-refractivity contribution is 9.10.